The largest absolute Gasteiger partial charge is 0.324 e. The number of hydrogen-bond acceptors (Lipinski definition) is 5. The second-order valence-corrected chi connectivity index (χ2v) is 4.94. The summed E-state index contributed by atoms with van der Waals surface area (Å²) in [7, 11) is 0. The monoisotopic (exact) mass is 394 g/mol. The standard InChI is InChI=1S/C17H13N4O2.Y/c1-12-7-8-14(21(22)23)11-16(12)20-17-18-10-9-15(19-17)13-5-3-2-4-6-13;/h3-11H,1H3,(H,18,19,20);/q-1;. The molecule has 3 aromatic rings. The van der Waals surface area contributed by atoms with Crippen LogP contribution in [0, 0.1) is 23.1 Å². The number of nitro groups is 1. The summed E-state index contributed by atoms with van der Waals surface area (Å²) in [5, 5.41) is 13.9. The van der Waals surface area contributed by atoms with Gasteiger partial charge in [0.2, 0.25) is 5.95 Å². The topological polar surface area (TPSA) is 81.0 Å². The molecule has 0 fully saturated rings. The number of nitro benzene ring substituents is 1. The van der Waals surface area contributed by atoms with Crippen molar-refractivity contribution >= 4 is 17.3 Å². The minimum Gasteiger partial charge on any atom is -0.324 e. The smallest absolute Gasteiger partial charge is 0.271 e. The van der Waals surface area contributed by atoms with E-state index in [0.717, 1.165) is 16.8 Å². The number of benzene rings is 2. The third-order valence-electron chi connectivity index (χ3n) is 3.35. The Hall–Kier alpha value is -2.18. The molecule has 1 radical (unpaired) electrons. The van der Waals surface area contributed by atoms with E-state index < -0.39 is 4.92 Å². The molecule has 1 aromatic heterocycles. The Kier molecular flexibility index (Phi) is 6.12. The second kappa shape index (κ2) is 8.08. The summed E-state index contributed by atoms with van der Waals surface area (Å²) in [6.45, 7) is 1.86. The molecule has 1 heterocycles. The Morgan fingerprint density at radius 2 is 1.92 bits per heavy atom. The van der Waals surface area contributed by atoms with Crippen molar-refractivity contribution in [2.24, 2.45) is 0 Å². The fourth-order valence-corrected chi connectivity index (χ4v) is 2.12. The van der Waals surface area contributed by atoms with Crippen molar-refractivity contribution in [1.29, 1.82) is 0 Å². The molecule has 6 nitrogen and oxygen atoms in total. The number of aryl methyl sites for hydroxylation is 1. The fraction of sp³-hybridized carbons (Fsp3) is 0.0588. The van der Waals surface area contributed by atoms with Crippen molar-refractivity contribution in [3.8, 4) is 11.3 Å². The van der Waals surface area contributed by atoms with Gasteiger partial charge in [-0.3, -0.25) is 10.1 Å². The number of non-ortho nitro benzene ring substituents is 1. The summed E-state index contributed by atoms with van der Waals surface area (Å²) in [6, 6.07) is 16.8. The first-order chi connectivity index (χ1) is 11.1. The van der Waals surface area contributed by atoms with Crippen LogP contribution in [-0.2, 0) is 32.7 Å². The zero-order chi connectivity index (χ0) is 16.2. The van der Waals surface area contributed by atoms with Crippen LogP contribution in [0.2, 0.25) is 0 Å². The van der Waals surface area contributed by atoms with E-state index in [2.05, 4.69) is 21.4 Å². The van der Waals surface area contributed by atoms with Gasteiger partial charge in [-0.05, 0) is 18.6 Å². The van der Waals surface area contributed by atoms with E-state index in [0.29, 0.717) is 11.6 Å². The average molecular weight is 394 g/mol. The quantitative estimate of drug-likeness (QED) is 0.412. The van der Waals surface area contributed by atoms with Gasteiger partial charge < -0.3 is 5.32 Å². The molecule has 117 valence electrons. The van der Waals surface area contributed by atoms with Crippen LogP contribution >= 0.6 is 0 Å². The van der Waals surface area contributed by atoms with E-state index in [4.69, 9.17) is 0 Å². The van der Waals surface area contributed by atoms with Gasteiger partial charge in [-0.2, -0.15) is 30.3 Å². The first-order valence-electron chi connectivity index (χ1n) is 6.95. The third kappa shape index (κ3) is 4.21. The van der Waals surface area contributed by atoms with Gasteiger partial charge in [-0.1, -0.05) is 6.07 Å². The predicted octanol–water partition coefficient (Wildman–Crippen LogP) is 3.90. The SMILES string of the molecule is Cc1ccc([N+](=O)[O-])cc1Nc1nccc(-c2cc[c-]cc2)n1.[Y]. The number of nitrogens with one attached hydrogen (secondary N) is 1. The van der Waals surface area contributed by atoms with Crippen LogP contribution in [0.15, 0.2) is 54.7 Å². The molecule has 3 rings (SSSR count). The van der Waals surface area contributed by atoms with Gasteiger partial charge in [0, 0.05) is 51.0 Å². The molecule has 0 amide bonds. The Morgan fingerprint density at radius 3 is 2.62 bits per heavy atom. The molecule has 0 saturated carbocycles. The summed E-state index contributed by atoms with van der Waals surface area (Å²) in [5.41, 5.74) is 3.22. The molecule has 0 aliphatic rings. The Balaban J connectivity index is 0.00000208. The van der Waals surface area contributed by atoms with Crippen molar-refractivity contribution in [3.05, 3.63) is 76.5 Å². The normalized spacial score (nSPS) is 9.88. The third-order valence-corrected chi connectivity index (χ3v) is 3.35. The van der Waals surface area contributed by atoms with Crippen LogP contribution in [-0.4, -0.2) is 14.9 Å². The van der Waals surface area contributed by atoms with Gasteiger partial charge in [0.1, 0.15) is 0 Å². The predicted molar refractivity (Wildman–Crippen MR) is 87.4 cm³/mol. The summed E-state index contributed by atoms with van der Waals surface area (Å²) < 4.78 is 0. The van der Waals surface area contributed by atoms with E-state index in [-0.39, 0.29) is 38.4 Å². The van der Waals surface area contributed by atoms with Gasteiger partial charge in [0.05, 0.1) is 16.3 Å². The molecule has 1 N–H and O–H groups in total. The maximum atomic E-state index is 10.9. The van der Waals surface area contributed by atoms with E-state index in [1.54, 1.807) is 18.3 Å². The molecule has 0 saturated heterocycles. The summed E-state index contributed by atoms with van der Waals surface area (Å²) in [6.07, 6.45) is 1.65. The molecule has 7 heteroatoms. The van der Waals surface area contributed by atoms with E-state index in [1.807, 2.05) is 31.2 Å². The fourth-order valence-electron chi connectivity index (χ4n) is 2.12. The number of rotatable bonds is 4. The number of aromatic nitrogens is 2. The molecule has 0 atom stereocenters. The molecule has 0 spiro atoms. The zero-order valence-corrected chi connectivity index (χ0v) is 15.8. The second-order valence-electron chi connectivity index (χ2n) is 4.94. The van der Waals surface area contributed by atoms with E-state index in [9.17, 15) is 10.1 Å². The average Bonchev–Trinajstić information content (AvgIpc) is 2.58. The van der Waals surface area contributed by atoms with Gasteiger partial charge in [-0.25, -0.2) is 9.97 Å². The van der Waals surface area contributed by atoms with Gasteiger partial charge in [0.15, 0.2) is 0 Å². The molecular formula is C17H13N4O2Y-. The number of hydrogen-bond donors (Lipinski definition) is 1. The van der Waals surface area contributed by atoms with Gasteiger partial charge in [-0.15, -0.1) is 5.56 Å². The van der Waals surface area contributed by atoms with Crippen molar-refractivity contribution in [1.82, 2.24) is 9.97 Å². The minimum atomic E-state index is -0.428. The van der Waals surface area contributed by atoms with Crippen LogP contribution < -0.4 is 5.32 Å². The Morgan fingerprint density at radius 1 is 1.17 bits per heavy atom. The molecule has 24 heavy (non-hydrogen) atoms. The zero-order valence-electron chi connectivity index (χ0n) is 12.9. The van der Waals surface area contributed by atoms with Crippen molar-refractivity contribution in [2.75, 3.05) is 5.32 Å². The summed E-state index contributed by atoms with van der Waals surface area (Å²) >= 11 is 0. The molecule has 0 unspecified atom stereocenters. The molecule has 2 aromatic carbocycles. The van der Waals surface area contributed by atoms with Crippen LogP contribution in [0.25, 0.3) is 11.3 Å². The molecular weight excluding hydrogens is 381 g/mol. The van der Waals surface area contributed by atoms with Crippen LogP contribution in [0.3, 0.4) is 0 Å². The maximum absolute atomic E-state index is 10.9. The van der Waals surface area contributed by atoms with E-state index in [1.165, 1.54) is 12.1 Å². The molecule has 0 aliphatic heterocycles. The number of nitrogens with zero attached hydrogens (tertiary/aromatic N) is 3. The van der Waals surface area contributed by atoms with Crippen molar-refractivity contribution in [2.45, 2.75) is 6.92 Å². The molecule has 0 aliphatic carbocycles. The van der Waals surface area contributed by atoms with Crippen molar-refractivity contribution < 1.29 is 37.6 Å². The van der Waals surface area contributed by atoms with Gasteiger partial charge in [0.25, 0.3) is 5.69 Å². The Labute approximate surface area is 164 Å². The Bertz CT molecular complexity index is 856. The summed E-state index contributed by atoms with van der Waals surface area (Å²) in [5.74, 6) is 0.388. The maximum Gasteiger partial charge on any atom is 0.271 e. The van der Waals surface area contributed by atoms with Crippen LogP contribution in [0.4, 0.5) is 17.3 Å². The summed E-state index contributed by atoms with van der Waals surface area (Å²) in [4.78, 5) is 19.1. The number of anilines is 2. The first-order valence-corrected chi connectivity index (χ1v) is 6.95. The van der Waals surface area contributed by atoms with Crippen LogP contribution in [0.1, 0.15) is 5.56 Å². The van der Waals surface area contributed by atoms with Gasteiger partial charge >= 0.3 is 0 Å². The minimum absolute atomic E-state index is 0. The van der Waals surface area contributed by atoms with E-state index >= 15 is 0 Å². The first kappa shape index (κ1) is 18.2. The van der Waals surface area contributed by atoms with Crippen molar-refractivity contribution in [3.63, 3.8) is 0 Å². The molecule has 0 bridgehead atoms. The van der Waals surface area contributed by atoms with Crippen LogP contribution in [0.5, 0.6) is 0 Å².